The molecule has 0 radical (unpaired) electrons. The molecule has 2 aromatic rings. The lowest BCUT2D eigenvalue weighted by atomic mass is 9.86. The van der Waals surface area contributed by atoms with Crippen LogP contribution in [0.3, 0.4) is 0 Å². The molecule has 0 bridgehead atoms. The highest BCUT2D eigenvalue weighted by atomic mass is 19.1. The van der Waals surface area contributed by atoms with E-state index < -0.39 is 41.2 Å². The number of rotatable bonds is 3. The predicted molar refractivity (Wildman–Crippen MR) is 108 cm³/mol. The summed E-state index contributed by atoms with van der Waals surface area (Å²) in [5.41, 5.74) is -1.44. The quantitative estimate of drug-likeness (QED) is 0.782. The normalized spacial score (nSPS) is 20.3. The number of amides is 2. The highest BCUT2D eigenvalue weighted by Gasteiger charge is 2.41. The molecule has 1 fully saturated rings. The lowest BCUT2D eigenvalue weighted by Crippen LogP contribution is -2.51. The maximum atomic E-state index is 14.1. The number of carbonyl (C=O) groups is 2. The number of carbonyl (C=O) groups excluding carboxylic acids is 2. The Kier molecular flexibility index (Phi) is 5.28. The van der Waals surface area contributed by atoms with E-state index in [0.717, 1.165) is 37.8 Å². The molecule has 2 N–H and O–H groups in total. The van der Waals surface area contributed by atoms with Crippen molar-refractivity contribution >= 4 is 11.8 Å². The maximum absolute atomic E-state index is 14.1. The Hall–Kier alpha value is -3.23. The Morgan fingerprint density at radius 2 is 1.77 bits per heavy atom. The SMILES string of the molecule is Cc1cc(F)c(CNC(=O)c2cn3c(c(O)c2=O)C(=O)N(C)[C@@H]2CCCC[C@H]23)c(F)c1. The third-order valence-electron chi connectivity index (χ3n) is 6.24. The van der Waals surface area contributed by atoms with Crippen molar-refractivity contribution in [2.75, 3.05) is 7.05 Å². The van der Waals surface area contributed by atoms with Crippen molar-refractivity contribution < 1.29 is 23.5 Å². The Labute approximate surface area is 177 Å². The van der Waals surface area contributed by atoms with E-state index in [1.807, 2.05) is 0 Å². The first kappa shape index (κ1) is 21.0. The van der Waals surface area contributed by atoms with Gasteiger partial charge in [0, 0.05) is 25.4 Å². The second kappa shape index (κ2) is 7.79. The van der Waals surface area contributed by atoms with E-state index in [0.29, 0.717) is 5.56 Å². The summed E-state index contributed by atoms with van der Waals surface area (Å²) < 4.78 is 29.6. The lowest BCUT2D eigenvalue weighted by molar-refractivity contribution is 0.0507. The van der Waals surface area contributed by atoms with Crippen molar-refractivity contribution in [3.63, 3.8) is 0 Å². The van der Waals surface area contributed by atoms with Gasteiger partial charge in [-0.1, -0.05) is 12.8 Å². The van der Waals surface area contributed by atoms with Gasteiger partial charge in [0.15, 0.2) is 11.4 Å². The average molecular weight is 431 g/mol. The van der Waals surface area contributed by atoms with Crippen LogP contribution in [-0.2, 0) is 6.54 Å². The highest BCUT2D eigenvalue weighted by Crippen LogP contribution is 2.38. The summed E-state index contributed by atoms with van der Waals surface area (Å²) in [4.78, 5) is 39.6. The molecule has 1 saturated carbocycles. The summed E-state index contributed by atoms with van der Waals surface area (Å²) in [7, 11) is 1.64. The molecular formula is C22H23F2N3O4. The first-order valence-electron chi connectivity index (χ1n) is 10.2. The van der Waals surface area contributed by atoms with Crippen LogP contribution < -0.4 is 10.7 Å². The number of nitrogens with one attached hydrogen (secondary N) is 1. The molecule has 7 nitrogen and oxygen atoms in total. The number of aromatic hydroxyl groups is 1. The molecule has 31 heavy (non-hydrogen) atoms. The highest BCUT2D eigenvalue weighted by molar-refractivity contribution is 5.99. The van der Waals surface area contributed by atoms with Gasteiger partial charge in [-0.3, -0.25) is 14.4 Å². The number of pyridine rings is 1. The number of benzene rings is 1. The van der Waals surface area contributed by atoms with Crippen molar-refractivity contribution in [1.29, 1.82) is 0 Å². The summed E-state index contributed by atoms with van der Waals surface area (Å²) in [6.45, 7) is 1.08. The number of aryl methyl sites for hydroxylation is 1. The minimum atomic E-state index is -0.996. The fourth-order valence-electron chi connectivity index (χ4n) is 4.60. The number of likely N-dealkylation sites (N-methyl/N-ethyl adjacent to an activating group) is 1. The molecule has 164 valence electrons. The van der Waals surface area contributed by atoms with E-state index in [4.69, 9.17) is 0 Å². The second-order valence-electron chi connectivity index (χ2n) is 8.20. The van der Waals surface area contributed by atoms with Crippen LogP contribution in [0.5, 0.6) is 5.75 Å². The number of nitrogens with zero attached hydrogens (tertiary/aromatic N) is 2. The molecule has 4 rings (SSSR count). The standard InChI is InChI=1S/C22H23F2N3O4/c1-11-7-14(23)12(15(24)8-11)9-25-21(30)13-10-27-17-6-4-3-5-16(17)26(2)22(31)18(27)20(29)19(13)28/h7-8,10,16-17,29H,3-6,9H2,1-2H3,(H,25,30)/t16-,17-/m1/s1. The molecule has 0 saturated heterocycles. The second-order valence-corrected chi connectivity index (χ2v) is 8.20. The zero-order chi connectivity index (χ0) is 22.4. The summed E-state index contributed by atoms with van der Waals surface area (Å²) in [6, 6.07) is 2.03. The summed E-state index contributed by atoms with van der Waals surface area (Å²) in [6.07, 6.45) is 4.68. The van der Waals surface area contributed by atoms with Gasteiger partial charge in [-0.05, 0) is 37.5 Å². The molecule has 2 amide bonds. The van der Waals surface area contributed by atoms with Gasteiger partial charge in [0.1, 0.15) is 17.2 Å². The van der Waals surface area contributed by atoms with Crippen molar-refractivity contribution in [1.82, 2.24) is 14.8 Å². The summed E-state index contributed by atoms with van der Waals surface area (Å²) in [5, 5.41) is 12.8. The molecule has 9 heteroatoms. The van der Waals surface area contributed by atoms with Crippen molar-refractivity contribution in [2.24, 2.45) is 0 Å². The summed E-state index contributed by atoms with van der Waals surface area (Å²) >= 11 is 0. The molecule has 0 unspecified atom stereocenters. The van der Waals surface area contributed by atoms with Crippen LogP contribution in [-0.4, -0.2) is 39.5 Å². The van der Waals surface area contributed by atoms with Gasteiger partial charge in [-0.15, -0.1) is 0 Å². The molecule has 1 aromatic heterocycles. The molecule has 2 atom stereocenters. The van der Waals surface area contributed by atoms with Crippen LogP contribution in [0.1, 0.15) is 63.7 Å². The Balaban J connectivity index is 1.69. The zero-order valence-corrected chi connectivity index (χ0v) is 17.2. The van der Waals surface area contributed by atoms with Gasteiger partial charge >= 0.3 is 0 Å². The molecule has 1 aliphatic carbocycles. The topological polar surface area (TPSA) is 91.6 Å². The van der Waals surface area contributed by atoms with Crippen molar-refractivity contribution in [3.8, 4) is 5.75 Å². The Morgan fingerprint density at radius 1 is 1.16 bits per heavy atom. The van der Waals surface area contributed by atoms with Gasteiger partial charge in [0.25, 0.3) is 11.8 Å². The van der Waals surface area contributed by atoms with Gasteiger partial charge in [0.2, 0.25) is 5.43 Å². The third kappa shape index (κ3) is 3.47. The monoisotopic (exact) mass is 431 g/mol. The average Bonchev–Trinajstić information content (AvgIpc) is 2.73. The molecule has 1 aromatic carbocycles. The van der Waals surface area contributed by atoms with Crippen LogP contribution in [0.4, 0.5) is 8.78 Å². The lowest BCUT2D eigenvalue weighted by Gasteiger charge is -2.44. The third-order valence-corrected chi connectivity index (χ3v) is 6.24. The fourth-order valence-corrected chi connectivity index (χ4v) is 4.60. The minimum absolute atomic E-state index is 0.0951. The number of fused-ring (bicyclic) bond motifs is 3. The Bertz CT molecular complexity index is 1120. The van der Waals surface area contributed by atoms with Crippen molar-refractivity contribution in [3.05, 3.63) is 62.6 Å². The minimum Gasteiger partial charge on any atom is -0.503 e. The van der Waals surface area contributed by atoms with E-state index >= 15 is 0 Å². The van der Waals surface area contributed by atoms with Gasteiger partial charge in [-0.2, -0.15) is 0 Å². The fraction of sp³-hybridized carbons (Fsp3) is 0.409. The van der Waals surface area contributed by atoms with Gasteiger partial charge < -0.3 is 19.9 Å². The number of halogens is 2. The van der Waals surface area contributed by atoms with E-state index in [1.165, 1.54) is 10.8 Å². The Morgan fingerprint density at radius 3 is 2.42 bits per heavy atom. The van der Waals surface area contributed by atoms with E-state index in [-0.39, 0.29) is 28.9 Å². The van der Waals surface area contributed by atoms with Crippen LogP contribution >= 0.6 is 0 Å². The number of aromatic nitrogens is 1. The molecule has 2 heterocycles. The summed E-state index contributed by atoms with van der Waals surface area (Å²) in [5.74, 6) is -3.76. The van der Waals surface area contributed by atoms with Crippen molar-refractivity contribution in [2.45, 2.75) is 51.2 Å². The van der Waals surface area contributed by atoms with Gasteiger partial charge in [0.05, 0.1) is 12.1 Å². The van der Waals surface area contributed by atoms with E-state index in [1.54, 1.807) is 18.9 Å². The van der Waals surface area contributed by atoms with Gasteiger partial charge in [-0.25, -0.2) is 8.78 Å². The molecular weight excluding hydrogens is 408 g/mol. The largest absolute Gasteiger partial charge is 0.503 e. The molecule has 2 aliphatic rings. The van der Waals surface area contributed by atoms with Crippen LogP contribution in [0.2, 0.25) is 0 Å². The van der Waals surface area contributed by atoms with E-state index in [2.05, 4.69) is 5.32 Å². The number of hydrogen-bond donors (Lipinski definition) is 2. The predicted octanol–water partition coefficient (Wildman–Crippen LogP) is 2.64. The maximum Gasteiger partial charge on any atom is 0.274 e. The molecule has 1 aliphatic heterocycles. The van der Waals surface area contributed by atoms with Crippen LogP contribution in [0, 0.1) is 18.6 Å². The van der Waals surface area contributed by atoms with E-state index in [9.17, 15) is 28.3 Å². The smallest absolute Gasteiger partial charge is 0.274 e. The van der Waals surface area contributed by atoms with Crippen LogP contribution in [0.25, 0.3) is 0 Å². The first-order valence-corrected chi connectivity index (χ1v) is 10.2. The zero-order valence-electron chi connectivity index (χ0n) is 17.2. The first-order chi connectivity index (χ1) is 14.7. The molecule has 0 spiro atoms. The van der Waals surface area contributed by atoms with Crippen LogP contribution in [0.15, 0.2) is 23.1 Å². The number of hydrogen-bond acceptors (Lipinski definition) is 4.